The minimum atomic E-state index is -0.273. The SMILES string of the molecule is CNC(=O)c1ccc(NC(C)c2cccc(O)c2)nn1. The maximum Gasteiger partial charge on any atom is 0.271 e. The van der Waals surface area contributed by atoms with Crippen molar-refractivity contribution in [2.75, 3.05) is 12.4 Å². The molecule has 0 saturated carbocycles. The summed E-state index contributed by atoms with van der Waals surface area (Å²) in [4.78, 5) is 11.3. The highest BCUT2D eigenvalue weighted by molar-refractivity contribution is 5.91. The van der Waals surface area contributed by atoms with E-state index in [1.807, 2.05) is 13.0 Å². The third-order valence-corrected chi connectivity index (χ3v) is 2.86. The van der Waals surface area contributed by atoms with Crippen molar-refractivity contribution in [1.82, 2.24) is 15.5 Å². The Labute approximate surface area is 116 Å². The lowest BCUT2D eigenvalue weighted by Crippen LogP contribution is -2.20. The van der Waals surface area contributed by atoms with Crippen molar-refractivity contribution in [3.63, 3.8) is 0 Å². The van der Waals surface area contributed by atoms with E-state index in [0.717, 1.165) is 5.56 Å². The number of carbonyl (C=O) groups excluding carboxylic acids is 1. The molecule has 1 unspecified atom stereocenters. The Balaban J connectivity index is 2.08. The lowest BCUT2D eigenvalue weighted by Gasteiger charge is -2.14. The van der Waals surface area contributed by atoms with Gasteiger partial charge in [-0.05, 0) is 36.8 Å². The second-order valence-corrected chi connectivity index (χ2v) is 4.34. The summed E-state index contributed by atoms with van der Waals surface area (Å²) in [5, 5.41) is 22.9. The monoisotopic (exact) mass is 272 g/mol. The van der Waals surface area contributed by atoms with Gasteiger partial charge in [0.25, 0.3) is 5.91 Å². The summed E-state index contributed by atoms with van der Waals surface area (Å²) in [6.45, 7) is 1.95. The number of aromatic hydroxyl groups is 1. The number of anilines is 1. The zero-order valence-electron chi connectivity index (χ0n) is 11.3. The average molecular weight is 272 g/mol. The average Bonchev–Trinajstić information content (AvgIpc) is 2.47. The quantitative estimate of drug-likeness (QED) is 0.788. The van der Waals surface area contributed by atoms with E-state index >= 15 is 0 Å². The minimum Gasteiger partial charge on any atom is -0.508 e. The van der Waals surface area contributed by atoms with Crippen LogP contribution >= 0.6 is 0 Å². The molecule has 0 aliphatic rings. The van der Waals surface area contributed by atoms with E-state index in [-0.39, 0.29) is 23.4 Å². The molecule has 104 valence electrons. The van der Waals surface area contributed by atoms with E-state index in [2.05, 4.69) is 20.8 Å². The van der Waals surface area contributed by atoms with Gasteiger partial charge in [-0.1, -0.05) is 12.1 Å². The van der Waals surface area contributed by atoms with Crippen LogP contribution in [0.3, 0.4) is 0 Å². The van der Waals surface area contributed by atoms with Crippen LogP contribution in [0, 0.1) is 0 Å². The van der Waals surface area contributed by atoms with Crippen molar-refractivity contribution in [2.45, 2.75) is 13.0 Å². The van der Waals surface area contributed by atoms with Gasteiger partial charge >= 0.3 is 0 Å². The van der Waals surface area contributed by atoms with Gasteiger partial charge in [-0.2, -0.15) is 0 Å². The van der Waals surface area contributed by atoms with Crippen molar-refractivity contribution >= 4 is 11.7 Å². The van der Waals surface area contributed by atoms with Crippen molar-refractivity contribution in [2.24, 2.45) is 0 Å². The van der Waals surface area contributed by atoms with E-state index in [4.69, 9.17) is 0 Å². The largest absolute Gasteiger partial charge is 0.508 e. The second-order valence-electron chi connectivity index (χ2n) is 4.34. The maximum absolute atomic E-state index is 11.3. The zero-order chi connectivity index (χ0) is 14.5. The van der Waals surface area contributed by atoms with Gasteiger partial charge in [0.05, 0.1) is 6.04 Å². The molecule has 1 amide bonds. The second kappa shape index (κ2) is 6.01. The van der Waals surface area contributed by atoms with E-state index in [1.54, 1.807) is 37.4 Å². The van der Waals surface area contributed by atoms with E-state index in [0.29, 0.717) is 5.82 Å². The summed E-state index contributed by atoms with van der Waals surface area (Å²) in [7, 11) is 1.54. The third-order valence-electron chi connectivity index (χ3n) is 2.86. The van der Waals surface area contributed by atoms with Crippen LogP contribution in [-0.4, -0.2) is 28.3 Å². The number of aromatic nitrogens is 2. The predicted octanol–water partition coefficient (Wildman–Crippen LogP) is 1.71. The Morgan fingerprint density at radius 3 is 2.65 bits per heavy atom. The van der Waals surface area contributed by atoms with Crippen molar-refractivity contribution < 1.29 is 9.90 Å². The molecule has 6 nitrogen and oxygen atoms in total. The van der Waals surface area contributed by atoms with Crippen molar-refractivity contribution in [1.29, 1.82) is 0 Å². The Bertz CT molecular complexity index is 598. The van der Waals surface area contributed by atoms with Gasteiger partial charge in [-0.25, -0.2) is 0 Å². The number of amides is 1. The summed E-state index contributed by atoms with van der Waals surface area (Å²) in [6, 6.07) is 10.2. The number of hydrogen-bond acceptors (Lipinski definition) is 5. The van der Waals surface area contributed by atoms with E-state index in [1.165, 1.54) is 0 Å². The molecule has 0 radical (unpaired) electrons. The van der Waals surface area contributed by atoms with Crippen LogP contribution < -0.4 is 10.6 Å². The molecule has 0 fully saturated rings. The zero-order valence-corrected chi connectivity index (χ0v) is 11.3. The predicted molar refractivity (Wildman–Crippen MR) is 75.6 cm³/mol. The van der Waals surface area contributed by atoms with Gasteiger partial charge < -0.3 is 15.7 Å². The fourth-order valence-electron chi connectivity index (χ4n) is 1.76. The first-order valence-corrected chi connectivity index (χ1v) is 6.21. The summed E-state index contributed by atoms with van der Waals surface area (Å²) in [5.41, 5.74) is 1.20. The first-order valence-electron chi connectivity index (χ1n) is 6.21. The Morgan fingerprint density at radius 2 is 2.05 bits per heavy atom. The van der Waals surface area contributed by atoms with Crippen LogP contribution in [0.25, 0.3) is 0 Å². The van der Waals surface area contributed by atoms with Gasteiger partial charge in [0.2, 0.25) is 0 Å². The van der Waals surface area contributed by atoms with E-state index in [9.17, 15) is 9.90 Å². The molecule has 2 rings (SSSR count). The van der Waals surface area contributed by atoms with Crippen LogP contribution in [0.2, 0.25) is 0 Å². The number of carbonyl (C=O) groups is 1. The lowest BCUT2D eigenvalue weighted by molar-refractivity contribution is 0.0957. The molecular weight excluding hydrogens is 256 g/mol. The van der Waals surface area contributed by atoms with Crippen LogP contribution in [0.15, 0.2) is 36.4 Å². The molecule has 20 heavy (non-hydrogen) atoms. The van der Waals surface area contributed by atoms with Crippen LogP contribution in [-0.2, 0) is 0 Å². The maximum atomic E-state index is 11.3. The Morgan fingerprint density at radius 1 is 1.25 bits per heavy atom. The van der Waals surface area contributed by atoms with Gasteiger partial charge in [-0.3, -0.25) is 4.79 Å². The van der Waals surface area contributed by atoms with Crippen LogP contribution in [0.5, 0.6) is 5.75 Å². The van der Waals surface area contributed by atoms with Gasteiger partial charge in [-0.15, -0.1) is 10.2 Å². The molecule has 0 saturated heterocycles. The normalized spacial score (nSPS) is 11.7. The molecule has 0 bridgehead atoms. The highest BCUT2D eigenvalue weighted by Crippen LogP contribution is 2.20. The summed E-state index contributed by atoms with van der Waals surface area (Å²) >= 11 is 0. The number of hydrogen-bond donors (Lipinski definition) is 3. The fourth-order valence-corrected chi connectivity index (χ4v) is 1.76. The van der Waals surface area contributed by atoms with Gasteiger partial charge in [0, 0.05) is 7.05 Å². The number of rotatable bonds is 4. The van der Waals surface area contributed by atoms with Gasteiger partial charge in [0.1, 0.15) is 11.6 Å². The van der Waals surface area contributed by atoms with Crippen LogP contribution in [0.1, 0.15) is 29.0 Å². The highest BCUT2D eigenvalue weighted by atomic mass is 16.3. The molecule has 1 heterocycles. The molecule has 0 spiro atoms. The first kappa shape index (κ1) is 13.8. The first-order chi connectivity index (χ1) is 9.60. The number of benzene rings is 1. The highest BCUT2D eigenvalue weighted by Gasteiger charge is 2.09. The Hall–Kier alpha value is -2.63. The number of nitrogens with one attached hydrogen (secondary N) is 2. The summed E-state index contributed by atoms with van der Waals surface area (Å²) < 4.78 is 0. The number of phenols is 1. The molecule has 0 aliphatic heterocycles. The fraction of sp³-hybridized carbons (Fsp3) is 0.214. The molecule has 1 aromatic carbocycles. The van der Waals surface area contributed by atoms with Crippen molar-refractivity contribution in [3.8, 4) is 5.75 Å². The standard InChI is InChI=1S/C14H16N4O2/c1-9(10-4-3-5-11(19)8-10)16-13-7-6-12(17-18-13)14(20)15-2/h3-9,19H,1-2H3,(H,15,20)(H,16,18). The van der Waals surface area contributed by atoms with E-state index < -0.39 is 0 Å². The molecular formula is C14H16N4O2. The molecule has 1 aromatic heterocycles. The molecule has 6 heteroatoms. The topological polar surface area (TPSA) is 87.1 Å². The minimum absolute atomic E-state index is 0.0396. The van der Waals surface area contributed by atoms with Crippen molar-refractivity contribution in [3.05, 3.63) is 47.7 Å². The number of nitrogens with zero attached hydrogens (tertiary/aromatic N) is 2. The van der Waals surface area contributed by atoms with Gasteiger partial charge in [0.15, 0.2) is 5.69 Å². The molecule has 1 atom stereocenters. The molecule has 2 aromatic rings. The van der Waals surface area contributed by atoms with Crippen LogP contribution in [0.4, 0.5) is 5.82 Å². The summed E-state index contributed by atoms with van der Waals surface area (Å²) in [6.07, 6.45) is 0. The third kappa shape index (κ3) is 3.23. The molecule has 0 aliphatic carbocycles. The Kier molecular flexibility index (Phi) is 4.14. The molecule has 3 N–H and O–H groups in total. The lowest BCUT2D eigenvalue weighted by atomic mass is 10.1. The smallest absolute Gasteiger partial charge is 0.271 e. The summed E-state index contributed by atoms with van der Waals surface area (Å²) in [5.74, 6) is 0.510. The number of phenolic OH excluding ortho intramolecular Hbond substituents is 1.